The molecular formula is C16H18O3. The Balaban J connectivity index is 2.05. The number of hydrogen-bond acceptors (Lipinski definition) is 3. The number of ether oxygens (including phenoxy) is 1. The van der Waals surface area contributed by atoms with Crippen molar-refractivity contribution in [2.24, 2.45) is 11.3 Å². The summed E-state index contributed by atoms with van der Waals surface area (Å²) in [7, 11) is 0. The Bertz CT molecular complexity index is 590. The minimum absolute atomic E-state index is 0.0111. The average molecular weight is 258 g/mol. The summed E-state index contributed by atoms with van der Waals surface area (Å²) in [5, 5.41) is 10.0. The Hall–Kier alpha value is -1.51. The number of fused-ring (bicyclic) bond motifs is 2. The number of aromatic hydroxyl groups is 1. The van der Waals surface area contributed by atoms with Crippen LogP contribution in [0.2, 0.25) is 0 Å². The first kappa shape index (κ1) is 11.3. The van der Waals surface area contributed by atoms with Crippen molar-refractivity contribution < 1.29 is 14.6 Å². The van der Waals surface area contributed by atoms with Crippen LogP contribution >= 0.6 is 0 Å². The molecule has 1 N–H and O–H groups in total. The third-order valence-electron chi connectivity index (χ3n) is 6.08. The van der Waals surface area contributed by atoms with Crippen molar-refractivity contribution in [2.75, 3.05) is 0 Å². The zero-order valence-corrected chi connectivity index (χ0v) is 11.3. The van der Waals surface area contributed by atoms with Crippen LogP contribution in [0.5, 0.6) is 5.75 Å². The van der Waals surface area contributed by atoms with Crippen LogP contribution in [0.4, 0.5) is 0 Å². The third-order valence-corrected chi connectivity index (χ3v) is 6.08. The predicted molar refractivity (Wildman–Crippen MR) is 70.1 cm³/mol. The average Bonchev–Trinajstić information content (AvgIpc) is 2.73. The minimum atomic E-state index is -0.355. The summed E-state index contributed by atoms with van der Waals surface area (Å²) in [4.78, 5) is 12.2. The van der Waals surface area contributed by atoms with Crippen molar-refractivity contribution >= 4 is 5.97 Å². The Morgan fingerprint density at radius 1 is 1.37 bits per heavy atom. The molecule has 3 atom stereocenters. The molecule has 2 fully saturated rings. The van der Waals surface area contributed by atoms with Crippen molar-refractivity contribution in [3.8, 4) is 5.75 Å². The number of carbonyl (C=O) groups excluding carboxylic acids is 1. The lowest BCUT2D eigenvalue weighted by Gasteiger charge is -2.45. The zero-order valence-electron chi connectivity index (χ0n) is 11.3. The first-order chi connectivity index (χ1) is 8.98. The van der Waals surface area contributed by atoms with Crippen molar-refractivity contribution in [1.82, 2.24) is 0 Å². The van der Waals surface area contributed by atoms with E-state index in [9.17, 15) is 9.90 Å². The Morgan fingerprint density at radius 3 is 2.89 bits per heavy atom. The van der Waals surface area contributed by atoms with Gasteiger partial charge < -0.3 is 9.84 Å². The van der Waals surface area contributed by atoms with Crippen molar-refractivity contribution in [3.63, 3.8) is 0 Å². The van der Waals surface area contributed by atoms with E-state index in [2.05, 4.69) is 13.8 Å². The van der Waals surface area contributed by atoms with Gasteiger partial charge in [-0.15, -0.1) is 0 Å². The van der Waals surface area contributed by atoms with E-state index in [0.29, 0.717) is 11.5 Å². The lowest BCUT2D eigenvalue weighted by atomic mass is 9.62. The van der Waals surface area contributed by atoms with E-state index in [1.807, 2.05) is 12.1 Å². The van der Waals surface area contributed by atoms with E-state index in [4.69, 9.17) is 4.74 Å². The van der Waals surface area contributed by atoms with Crippen molar-refractivity contribution in [2.45, 2.75) is 44.6 Å². The van der Waals surface area contributed by atoms with Crippen molar-refractivity contribution in [1.29, 1.82) is 0 Å². The van der Waals surface area contributed by atoms with Gasteiger partial charge in [0.05, 0.1) is 0 Å². The SMILES string of the molecule is CC1(C)C2CCC13c1cccc(O)c1C(=O)OC3C2. The molecule has 1 aromatic carbocycles. The van der Waals surface area contributed by atoms with Crippen LogP contribution in [0.15, 0.2) is 18.2 Å². The first-order valence-electron chi connectivity index (χ1n) is 7.02. The number of rotatable bonds is 0. The molecular weight excluding hydrogens is 240 g/mol. The molecule has 4 rings (SSSR count). The Kier molecular flexibility index (Phi) is 1.87. The van der Waals surface area contributed by atoms with Crippen LogP contribution in [0.25, 0.3) is 0 Å². The maximum absolute atomic E-state index is 12.2. The maximum Gasteiger partial charge on any atom is 0.342 e. The van der Waals surface area contributed by atoms with Crippen LogP contribution in [0.1, 0.15) is 49.0 Å². The molecule has 2 aliphatic carbocycles. The normalized spacial score (nSPS) is 37.7. The molecule has 100 valence electrons. The summed E-state index contributed by atoms with van der Waals surface area (Å²) >= 11 is 0. The van der Waals surface area contributed by atoms with Gasteiger partial charge in [0.25, 0.3) is 0 Å². The quantitative estimate of drug-likeness (QED) is 0.728. The van der Waals surface area contributed by atoms with E-state index in [0.717, 1.165) is 18.4 Å². The van der Waals surface area contributed by atoms with Gasteiger partial charge in [0.1, 0.15) is 17.4 Å². The number of phenols is 1. The summed E-state index contributed by atoms with van der Waals surface area (Å²) in [5.41, 5.74) is 1.44. The molecule has 1 spiro atoms. The molecule has 1 aromatic rings. The summed E-state index contributed by atoms with van der Waals surface area (Å²) in [6, 6.07) is 5.43. The highest BCUT2D eigenvalue weighted by Gasteiger charge is 2.68. The molecule has 19 heavy (non-hydrogen) atoms. The molecule has 0 radical (unpaired) electrons. The molecule has 3 nitrogen and oxygen atoms in total. The topological polar surface area (TPSA) is 46.5 Å². The van der Waals surface area contributed by atoms with Crippen LogP contribution in [0, 0.1) is 11.3 Å². The van der Waals surface area contributed by atoms with E-state index >= 15 is 0 Å². The van der Waals surface area contributed by atoms with Gasteiger partial charge in [0, 0.05) is 5.41 Å². The number of hydrogen-bond donors (Lipinski definition) is 1. The second-order valence-corrected chi connectivity index (χ2v) is 6.76. The monoisotopic (exact) mass is 258 g/mol. The Morgan fingerprint density at radius 2 is 2.16 bits per heavy atom. The van der Waals surface area contributed by atoms with Gasteiger partial charge in [-0.1, -0.05) is 26.0 Å². The maximum atomic E-state index is 12.2. The molecule has 0 amide bonds. The van der Waals surface area contributed by atoms with E-state index in [1.165, 1.54) is 6.42 Å². The highest BCUT2D eigenvalue weighted by molar-refractivity contribution is 5.96. The predicted octanol–water partition coefficient (Wildman–Crippen LogP) is 3.01. The van der Waals surface area contributed by atoms with Gasteiger partial charge in [-0.05, 0) is 42.2 Å². The van der Waals surface area contributed by atoms with E-state index in [1.54, 1.807) is 6.07 Å². The molecule has 3 aliphatic rings. The van der Waals surface area contributed by atoms with Crippen molar-refractivity contribution in [3.05, 3.63) is 29.3 Å². The number of phenolic OH excluding ortho intramolecular Hbond substituents is 1. The third kappa shape index (κ3) is 1.05. The van der Waals surface area contributed by atoms with Crippen LogP contribution in [0.3, 0.4) is 0 Å². The lowest BCUT2D eigenvalue weighted by molar-refractivity contribution is -0.0105. The summed E-state index contributed by atoms with van der Waals surface area (Å²) < 4.78 is 5.68. The largest absolute Gasteiger partial charge is 0.507 e. The van der Waals surface area contributed by atoms with Gasteiger partial charge in [0.15, 0.2) is 0 Å². The van der Waals surface area contributed by atoms with Crippen LogP contribution in [-0.4, -0.2) is 17.2 Å². The Labute approximate surface area is 112 Å². The minimum Gasteiger partial charge on any atom is -0.507 e. The fraction of sp³-hybridized carbons (Fsp3) is 0.562. The highest BCUT2D eigenvalue weighted by atomic mass is 16.5. The van der Waals surface area contributed by atoms with Crippen LogP contribution in [-0.2, 0) is 10.2 Å². The molecule has 0 aromatic heterocycles. The second kappa shape index (κ2) is 3.14. The number of benzene rings is 1. The molecule has 1 aliphatic heterocycles. The second-order valence-electron chi connectivity index (χ2n) is 6.76. The standard InChI is InChI=1S/C16H18O3/c1-15(2)9-6-7-16(15)10-4-3-5-11(17)13(10)14(18)19-12(16)8-9/h3-5,9,12,17H,6-8H2,1-2H3. The fourth-order valence-corrected chi connectivity index (χ4v) is 5.02. The molecule has 3 unspecified atom stereocenters. The summed E-state index contributed by atoms with van der Waals surface area (Å²) in [6.45, 7) is 4.58. The molecule has 3 heteroatoms. The first-order valence-corrected chi connectivity index (χ1v) is 7.02. The highest BCUT2D eigenvalue weighted by Crippen LogP contribution is 2.69. The summed E-state index contributed by atoms with van der Waals surface area (Å²) in [5.74, 6) is 0.312. The van der Waals surface area contributed by atoms with Crippen LogP contribution < -0.4 is 0 Å². The molecule has 1 heterocycles. The van der Waals surface area contributed by atoms with Gasteiger partial charge in [-0.25, -0.2) is 4.79 Å². The van der Waals surface area contributed by atoms with Gasteiger partial charge in [-0.2, -0.15) is 0 Å². The van der Waals surface area contributed by atoms with Gasteiger partial charge in [0.2, 0.25) is 0 Å². The number of esters is 1. The number of carbonyl (C=O) groups is 1. The zero-order chi connectivity index (χ0) is 13.4. The van der Waals surface area contributed by atoms with Gasteiger partial charge >= 0.3 is 5.97 Å². The summed E-state index contributed by atoms with van der Waals surface area (Å²) in [6.07, 6.45) is 3.20. The van der Waals surface area contributed by atoms with E-state index in [-0.39, 0.29) is 28.7 Å². The smallest absolute Gasteiger partial charge is 0.342 e. The fourth-order valence-electron chi connectivity index (χ4n) is 5.02. The van der Waals surface area contributed by atoms with E-state index < -0.39 is 0 Å². The molecule has 2 saturated carbocycles. The van der Waals surface area contributed by atoms with Gasteiger partial charge in [-0.3, -0.25) is 0 Å². The molecule has 0 saturated heterocycles. The lowest BCUT2D eigenvalue weighted by Crippen LogP contribution is -2.49. The molecule has 2 bridgehead atoms.